The van der Waals surface area contributed by atoms with E-state index >= 15 is 0 Å². The molecule has 0 aromatic heterocycles. The predicted octanol–water partition coefficient (Wildman–Crippen LogP) is 3.09. The number of nitrogens with one attached hydrogen (secondary N) is 1. The van der Waals surface area contributed by atoms with Crippen LogP contribution >= 0.6 is 11.6 Å². The minimum atomic E-state index is -0.825. The van der Waals surface area contributed by atoms with Gasteiger partial charge in [0.2, 0.25) is 0 Å². The van der Waals surface area contributed by atoms with Crippen molar-refractivity contribution in [2.75, 3.05) is 13.2 Å². The van der Waals surface area contributed by atoms with Crippen LogP contribution in [-0.4, -0.2) is 30.1 Å². The Morgan fingerprint density at radius 3 is 2.44 bits per heavy atom. The average molecular weight is 362 g/mol. The molecule has 0 aliphatic carbocycles. The number of carboxylic acid groups (broad SMARTS) is 1. The molecule has 0 saturated carbocycles. The van der Waals surface area contributed by atoms with Gasteiger partial charge in [-0.05, 0) is 42.2 Å². The van der Waals surface area contributed by atoms with Crippen molar-refractivity contribution in [1.82, 2.24) is 5.32 Å². The lowest BCUT2D eigenvalue weighted by molar-refractivity contribution is -0.137. The van der Waals surface area contributed by atoms with E-state index in [1.165, 1.54) is 0 Å². The highest BCUT2D eigenvalue weighted by molar-refractivity contribution is 6.31. The Balaban J connectivity index is 1.69. The molecule has 2 N–H and O–H groups in total. The van der Waals surface area contributed by atoms with E-state index in [1.807, 2.05) is 24.3 Å². The summed E-state index contributed by atoms with van der Waals surface area (Å²) in [5, 5.41) is 12.1. The first-order valence-corrected chi connectivity index (χ1v) is 8.36. The monoisotopic (exact) mass is 361 g/mol. The quantitative estimate of drug-likeness (QED) is 0.719. The number of carbonyl (C=O) groups excluding carboxylic acids is 1. The van der Waals surface area contributed by atoms with Crippen molar-refractivity contribution >= 4 is 23.5 Å². The Morgan fingerprint density at radius 1 is 1.04 bits per heavy atom. The van der Waals surface area contributed by atoms with Crippen LogP contribution in [0.4, 0.5) is 0 Å². The van der Waals surface area contributed by atoms with Crippen molar-refractivity contribution in [1.29, 1.82) is 0 Å². The molecule has 0 saturated heterocycles. The molecule has 0 heterocycles. The molecular formula is C19H20ClNO4. The number of carboxylic acids is 1. The van der Waals surface area contributed by atoms with Crippen LogP contribution in [0.2, 0.25) is 5.02 Å². The van der Waals surface area contributed by atoms with Crippen molar-refractivity contribution < 1.29 is 19.4 Å². The van der Waals surface area contributed by atoms with Gasteiger partial charge < -0.3 is 15.2 Å². The Labute approximate surface area is 151 Å². The SMILES string of the molecule is O=C(O)CCc1ccc(OCC(=O)NCCc2ccccc2Cl)cc1. The van der Waals surface area contributed by atoms with E-state index in [4.69, 9.17) is 21.4 Å². The highest BCUT2D eigenvalue weighted by Gasteiger charge is 2.05. The first kappa shape index (κ1) is 18.8. The fourth-order valence-corrected chi connectivity index (χ4v) is 2.47. The normalized spacial score (nSPS) is 10.3. The van der Waals surface area contributed by atoms with E-state index in [1.54, 1.807) is 24.3 Å². The number of amides is 1. The minimum Gasteiger partial charge on any atom is -0.484 e. The standard InChI is InChI=1S/C19H20ClNO4/c20-17-4-2-1-3-15(17)11-12-21-18(22)13-25-16-8-5-14(6-9-16)7-10-19(23)24/h1-6,8-9H,7,10-13H2,(H,21,22)(H,23,24). The fraction of sp³-hybridized carbons (Fsp3) is 0.263. The van der Waals surface area contributed by atoms with Crippen LogP contribution in [0, 0.1) is 0 Å². The minimum absolute atomic E-state index is 0.0724. The molecule has 0 unspecified atom stereocenters. The molecule has 6 heteroatoms. The fourth-order valence-electron chi connectivity index (χ4n) is 2.24. The third-order valence-electron chi connectivity index (χ3n) is 3.60. The molecule has 0 radical (unpaired) electrons. The third-order valence-corrected chi connectivity index (χ3v) is 3.96. The van der Waals surface area contributed by atoms with Gasteiger partial charge in [-0.15, -0.1) is 0 Å². The number of ether oxygens (including phenoxy) is 1. The van der Waals surface area contributed by atoms with E-state index < -0.39 is 5.97 Å². The molecule has 0 aliphatic rings. The lowest BCUT2D eigenvalue weighted by Crippen LogP contribution is -2.30. The first-order chi connectivity index (χ1) is 12.0. The van der Waals surface area contributed by atoms with Crippen molar-refractivity contribution in [3.8, 4) is 5.75 Å². The molecule has 0 aliphatic heterocycles. The van der Waals surface area contributed by atoms with Crippen LogP contribution in [0.3, 0.4) is 0 Å². The van der Waals surface area contributed by atoms with E-state index in [-0.39, 0.29) is 18.9 Å². The number of benzene rings is 2. The van der Waals surface area contributed by atoms with Gasteiger partial charge in [0.25, 0.3) is 5.91 Å². The first-order valence-electron chi connectivity index (χ1n) is 7.98. The predicted molar refractivity (Wildman–Crippen MR) is 96.1 cm³/mol. The smallest absolute Gasteiger partial charge is 0.303 e. The van der Waals surface area contributed by atoms with Crippen LogP contribution in [0.5, 0.6) is 5.75 Å². The van der Waals surface area contributed by atoms with Crippen LogP contribution in [0.1, 0.15) is 17.5 Å². The number of hydrogen-bond donors (Lipinski definition) is 2. The molecule has 2 aromatic rings. The number of aryl methyl sites for hydroxylation is 1. The molecule has 2 rings (SSSR count). The van der Waals surface area contributed by atoms with Gasteiger partial charge in [0, 0.05) is 18.0 Å². The molecule has 1 amide bonds. The molecule has 0 fully saturated rings. The highest BCUT2D eigenvalue weighted by Crippen LogP contribution is 2.15. The van der Waals surface area contributed by atoms with E-state index in [0.717, 1.165) is 11.1 Å². The largest absolute Gasteiger partial charge is 0.484 e. The van der Waals surface area contributed by atoms with E-state index in [2.05, 4.69) is 5.32 Å². The summed E-state index contributed by atoms with van der Waals surface area (Å²) in [6, 6.07) is 14.6. The summed E-state index contributed by atoms with van der Waals surface area (Å²) in [6.45, 7) is 0.414. The Hall–Kier alpha value is -2.53. The molecule has 2 aromatic carbocycles. The van der Waals surface area contributed by atoms with Crippen LogP contribution in [-0.2, 0) is 22.4 Å². The van der Waals surface area contributed by atoms with Gasteiger partial charge in [0.15, 0.2) is 6.61 Å². The maximum atomic E-state index is 11.8. The second-order valence-corrected chi connectivity index (χ2v) is 5.92. The van der Waals surface area contributed by atoms with Crippen LogP contribution in [0.15, 0.2) is 48.5 Å². The topological polar surface area (TPSA) is 75.6 Å². The number of halogens is 1. The lowest BCUT2D eigenvalue weighted by atomic mass is 10.1. The lowest BCUT2D eigenvalue weighted by Gasteiger charge is -2.09. The molecule has 5 nitrogen and oxygen atoms in total. The summed E-state index contributed by atoms with van der Waals surface area (Å²) in [4.78, 5) is 22.3. The Bertz CT molecular complexity index is 716. The highest BCUT2D eigenvalue weighted by atomic mass is 35.5. The summed E-state index contributed by atoms with van der Waals surface area (Å²) >= 11 is 6.06. The molecular weight excluding hydrogens is 342 g/mol. The number of carbonyl (C=O) groups is 2. The zero-order valence-electron chi connectivity index (χ0n) is 13.7. The van der Waals surface area contributed by atoms with Crippen molar-refractivity contribution in [2.45, 2.75) is 19.3 Å². The number of hydrogen-bond acceptors (Lipinski definition) is 3. The van der Waals surface area contributed by atoms with Gasteiger partial charge >= 0.3 is 5.97 Å². The second kappa shape index (κ2) is 9.69. The van der Waals surface area contributed by atoms with Gasteiger partial charge in [0.05, 0.1) is 0 Å². The molecule has 0 spiro atoms. The average Bonchev–Trinajstić information content (AvgIpc) is 2.60. The number of rotatable bonds is 9. The summed E-state index contributed by atoms with van der Waals surface area (Å²) in [7, 11) is 0. The van der Waals surface area contributed by atoms with Gasteiger partial charge in [-0.25, -0.2) is 0 Å². The summed E-state index contributed by atoms with van der Waals surface area (Å²) < 4.78 is 5.42. The zero-order chi connectivity index (χ0) is 18.1. The van der Waals surface area contributed by atoms with Gasteiger partial charge in [-0.2, -0.15) is 0 Å². The van der Waals surface area contributed by atoms with E-state index in [0.29, 0.717) is 30.2 Å². The van der Waals surface area contributed by atoms with Crippen molar-refractivity contribution in [2.24, 2.45) is 0 Å². The third kappa shape index (κ3) is 6.85. The Kier molecular flexibility index (Phi) is 7.29. The number of aliphatic carboxylic acids is 1. The maximum Gasteiger partial charge on any atom is 0.303 e. The second-order valence-electron chi connectivity index (χ2n) is 5.52. The molecule has 132 valence electrons. The molecule has 0 bridgehead atoms. The molecule has 0 atom stereocenters. The summed E-state index contributed by atoms with van der Waals surface area (Å²) in [5.74, 6) is -0.462. The van der Waals surface area contributed by atoms with Gasteiger partial charge in [-0.3, -0.25) is 9.59 Å². The van der Waals surface area contributed by atoms with E-state index in [9.17, 15) is 9.59 Å². The summed E-state index contributed by atoms with van der Waals surface area (Å²) in [5.41, 5.74) is 1.90. The van der Waals surface area contributed by atoms with Crippen molar-refractivity contribution in [3.05, 3.63) is 64.7 Å². The summed E-state index contributed by atoms with van der Waals surface area (Å²) in [6.07, 6.45) is 1.22. The Morgan fingerprint density at radius 2 is 1.76 bits per heavy atom. The van der Waals surface area contributed by atoms with Gasteiger partial charge in [0.1, 0.15) is 5.75 Å². The maximum absolute atomic E-state index is 11.8. The van der Waals surface area contributed by atoms with Crippen LogP contribution in [0.25, 0.3) is 0 Å². The zero-order valence-corrected chi connectivity index (χ0v) is 14.5. The van der Waals surface area contributed by atoms with Gasteiger partial charge in [-0.1, -0.05) is 41.9 Å². The van der Waals surface area contributed by atoms with Crippen LogP contribution < -0.4 is 10.1 Å². The van der Waals surface area contributed by atoms with Crippen molar-refractivity contribution in [3.63, 3.8) is 0 Å². The molecule has 25 heavy (non-hydrogen) atoms.